The summed E-state index contributed by atoms with van der Waals surface area (Å²) >= 11 is 0. The molecule has 11 nitrogen and oxygen atoms in total. The molecule has 0 radical (unpaired) electrons. The van der Waals surface area contributed by atoms with Crippen LogP contribution in [0, 0.1) is 27.7 Å². The number of amides is 3. The normalized spacial score (nSPS) is 15.4. The summed E-state index contributed by atoms with van der Waals surface area (Å²) in [4.78, 5) is 63.4. The highest BCUT2D eigenvalue weighted by atomic mass is 16.2. The molecule has 2 aromatic heterocycles. The van der Waals surface area contributed by atoms with E-state index in [4.69, 9.17) is 0 Å². The van der Waals surface area contributed by atoms with Gasteiger partial charge in [-0.3, -0.25) is 38.9 Å². The molecule has 2 aliphatic heterocycles. The number of Topliss-reactive ketones (excluding diaryl/α,β-unsaturated/α-hetero) is 1. The zero-order chi connectivity index (χ0) is 35.4. The molecule has 0 atom stereocenters. The Morgan fingerprint density at radius 1 is 0.720 bits per heavy atom. The van der Waals surface area contributed by atoms with Gasteiger partial charge in [0.1, 0.15) is 11.4 Å². The molecule has 0 spiro atoms. The molecular formula is C39H43N7O4. The van der Waals surface area contributed by atoms with Crippen LogP contribution in [0.1, 0.15) is 59.9 Å². The third-order valence-electron chi connectivity index (χ3n) is 9.65. The number of nitrogens with one attached hydrogen (secondary N) is 3. The number of nitrogens with zero attached hydrogens (tertiary/aromatic N) is 4. The molecule has 3 N–H and O–H groups in total. The van der Waals surface area contributed by atoms with Gasteiger partial charge >= 0.3 is 0 Å². The van der Waals surface area contributed by atoms with Gasteiger partial charge in [0, 0.05) is 63.8 Å². The van der Waals surface area contributed by atoms with E-state index < -0.39 is 0 Å². The van der Waals surface area contributed by atoms with Gasteiger partial charge in [-0.25, -0.2) is 0 Å². The number of aromatic nitrogens is 2. The Hall–Kier alpha value is -5.26. The van der Waals surface area contributed by atoms with E-state index in [1.807, 2.05) is 70.2 Å². The minimum absolute atomic E-state index is 0.0163. The van der Waals surface area contributed by atoms with E-state index in [0.29, 0.717) is 56.3 Å². The van der Waals surface area contributed by atoms with Gasteiger partial charge in [-0.05, 0) is 96.0 Å². The van der Waals surface area contributed by atoms with Crippen LogP contribution in [0.5, 0.6) is 0 Å². The minimum atomic E-state index is -0.302. The fourth-order valence-electron chi connectivity index (χ4n) is 6.59. The standard InChI is InChI=1S/C39H43N7O4/c1-24-15-34(42-18-29(24)20-45-13-11-40-37(48)22-45)36(47)17-28-7-5-8-31(26(28)3)32-9-6-10-33(27(32)4)44-39(50)35-16-25(2)30(19-43-35)21-46-14-12-41-38(49)23-46/h5-10,15-16,18-19H,11-14,17,20-23H2,1-4H3,(H,40,48)(H,41,49)(H,44,50). The highest BCUT2D eigenvalue weighted by Crippen LogP contribution is 2.33. The molecule has 2 fully saturated rings. The van der Waals surface area contributed by atoms with E-state index in [-0.39, 0.29) is 29.9 Å². The van der Waals surface area contributed by atoms with Crippen molar-refractivity contribution >= 4 is 29.2 Å². The smallest absolute Gasteiger partial charge is 0.274 e. The fourth-order valence-corrected chi connectivity index (χ4v) is 6.59. The molecular weight excluding hydrogens is 630 g/mol. The second-order valence-electron chi connectivity index (χ2n) is 13.2. The average molecular weight is 674 g/mol. The first kappa shape index (κ1) is 34.6. The summed E-state index contributed by atoms with van der Waals surface area (Å²) in [6.07, 6.45) is 3.68. The molecule has 4 aromatic rings. The lowest BCUT2D eigenvalue weighted by atomic mass is 9.91. The lowest BCUT2D eigenvalue weighted by Crippen LogP contribution is -2.47. The highest BCUT2D eigenvalue weighted by Gasteiger charge is 2.21. The summed E-state index contributed by atoms with van der Waals surface area (Å²) in [7, 11) is 0. The molecule has 2 aromatic carbocycles. The van der Waals surface area contributed by atoms with E-state index in [1.54, 1.807) is 18.5 Å². The van der Waals surface area contributed by atoms with Gasteiger partial charge in [-0.15, -0.1) is 0 Å². The summed E-state index contributed by atoms with van der Waals surface area (Å²) < 4.78 is 0. The Labute approximate surface area is 292 Å². The number of ketones is 1. The molecule has 4 heterocycles. The Morgan fingerprint density at radius 3 is 1.84 bits per heavy atom. The van der Waals surface area contributed by atoms with E-state index in [2.05, 4.69) is 35.7 Å². The van der Waals surface area contributed by atoms with Crippen LogP contribution in [-0.4, -0.2) is 82.5 Å². The highest BCUT2D eigenvalue weighted by molar-refractivity contribution is 6.04. The summed E-state index contributed by atoms with van der Waals surface area (Å²) in [5, 5.41) is 8.73. The zero-order valence-electron chi connectivity index (χ0n) is 29.1. The molecule has 2 saturated heterocycles. The molecule has 0 unspecified atom stereocenters. The van der Waals surface area contributed by atoms with E-state index in [9.17, 15) is 19.2 Å². The molecule has 0 bridgehead atoms. The third-order valence-corrected chi connectivity index (χ3v) is 9.65. The second-order valence-corrected chi connectivity index (χ2v) is 13.2. The number of aryl methyl sites for hydroxylation is 2. The summed E-state index contributed by atoms with van der Waals surface area (Å²) in [6, 6.07) is 15.4. The Bertz CT molecular complexity index is 1830. The van der Waals surface area contributed by atoms with Crippen LogP contribution in [0.4, 0.5) is 5.69 Å². The molecule has 0 saturated carbocycles. The first-order valence-corrected chi connectivity index (χ1v) is 17.0. The maximum absolute atomic E-state index is 13.4. The predicted molar refractivity (Wildman–Crippen MR) is 192 cm³/mol. The van der Waals surface area contributed by atoms with Gasteiger partial charge in [-0.1, -0.05) is 30.3 Å². The predicted octanol–water partition coefficient (Wildman–Crippen LogP) is 3.92. The van der Waals surface area contributed by atoms with Gasteiger partial charge < -0.3 is 16.0 Å². The second kappa shape index (κ2) is 15.1. The summed E-state index contributed by atoms with van der Waals surface area (Å²) in [5.74, 6) is -0.328. The fraction of sp³-hybridized carbons (Fsp3) is 0.333. The third kappa shape index (κ3) is 7.96. The molecule has 2 aliphatic rings. The average Bonchev–Trinajstić information content (AvgIpc) is 3.08. The number of pyridine rings is 2. The van der Waals surface area contributed by atoms with E-state index >= 15 is 0 Å². The van der Waals surface area contributed by atoms with Crippen molar-refractivity contribution in [1.29, 1.82) is 0 Å². The number of rotatable bonds is 10. The molecule has 258 valence electrons. The van der Waals surface area contributed by atoms with Gasteiger partial charge in [0.25, 0.3) is 5.91 Å². The topological polar surface area (TPSA) is 137 Å². The molecule has 50 heavy (non-hydrogen) atoms. The summed E-state index contributed by atoms with van der Waals surface area (Å²) in [6.45, 7) is 12.7. The summed E-state index contributed by atoms with van der Waals surface area (Å²) in [5.41, 5.74) is 10.1. The molecule has 11 heteroatoms. The number of anilines is 1. The quantitative estimate of drug-likeness (QED) is 0.216. The van der Waals surface area contributed by atoms with Crippen molar-refractivity contribution in [3.63, 3.8) is 0 Å². The lowest BCUT2D eigenvalue weighted by molar-refractivity contribution is -0.125. The largest absolute Gasteiger partial charge is 0.354 e. The van der Waals surface area contributed by atoms with Gasteiger partial charge in [-0.2, -0.15) is 0 Å². The van der Waals surface area contributed by atoms with Crippen molar-refractivity contribution in [2.75, 3.05) is 44.6 Å². The van der Waals surface area contributed by atoms with Crippen molar-refractivity contribution in [1.82, 2.24) is 30.4 Å². The van der Waals surface area contributed by atoms with Gasteiger partial charge in [0.2, 0.25) is 11.8 Å². The first-order chi connectivity index (χ1) is 24.0. The SMILES string of the molecule is Cc1cc(C(=O)Cc2cccc(-c3cccc(NC(=O)c4cc(C)c(CN5CCNC(=O)C5)cn4)c3C)c2C)ncc1CN1CCNC(=O)C1. The maximum Gasteiger partial charge on any atom is 0.274 e. The van der Waals surface area contributed by atoms with Crippen molar-refractivity contribution in [2.24, 2.45) is 0 Å². The number of piperazine rings is 2. The molecule has 3 amide bonds. The van der Waals surface area contributed by atoms with Crippen LogP contribution in [0.15, 0.2) is 60.9 Å². The van der Waals surface area contributed by atoms with Gasteiger partial charge in [0.15, 0.2) is 5.78 Å². The zero-order valence-corrected chi connectivity index (χ0v) is 29.1. The number of hydrogen-bond acceptors (Lipinski definition) is 8. The van der Waals surface area contributed by atoms with Crippen molar-refractivity contribution in [3.8, 4) is 11.1 Å². The molecule has 6 rings (SSSR count). The van der Waals surface area contributed by atoms with Gasteiger partial charge in [0.05, 0.1) is 13.1 Å². The first-order valence-electron chi connectivity index (χ1n) is 17.0. The van der Waals surface area contributed by atoms with Crippen LogP contribution in [0.25, 0.3) is 11.1 Å². The van der Waals surface area contributed by atoms with Crippen LogP contribution >= 0.6 is 0 Å². The lowest BCUT2D eigenvalue weighted by Gasteiger charge is -2.26. The molecule has 0 aliphatic carbocycles. The van der Waals surface area contributed by atoms with E-state index in [0.717, 1.165) is 63.2 Å². The van der Waals surface area contributed by atoms with Crippen LogP contribution in [-0.2, 0) is 29.1 Å². The maximum atomic E-state index is 13.4. The monoisotopic (exact) mass is 673 g/mol. The van der Waals surface area contributed by atoms with Crippen molar-refractivity contribution in [3.05, 3.63) is 111 Å². The van der Waals surface area contributed by atoms with Crippen LogP contribution in [0.3, 0.4) is 0 Å². The Morgan fingerprint density at radius 2 is 1.26 bits per heavy atom. The number of hydrogen-bond donors (Lipinski definition) is 3. The van der Waals surface area contributed by atoms with Crippen molar-refractivity contribution in [2.45, 2.75) is 47.2 Å². The Balaban J connectivity index is 1.14. The Kier molecular flexibility index (Phi) is 10.4. The number of carbonyl (C=O) groups is 4. The minimum Gasteiger partial charge on any atom is -0.354 e. The van der Waals surface area contributed by atoms with Crippen LogP contribution in [0.2, 0.25) is 0 Å². The number of benzene rings is 2. The van der Waals surface area contributed by atoms with Crippen molar-refractivity contribution < 1.29 is 19.2 Å². The van der Waals surface area contributed by atoms with E-state index in [1.165, 1.54) is 0 Å². The van der Waals surface area contributed by atoms with Crippen LogP contribution < -0.4 is 16.0 Å². The number of carbonyl (C=O) groups excluding carboxylic acids is 4.